The Labute approximate surface area is 134 Å². The van der Waals surface area contributed by atoms with Crippen LogP contribution in [0, 0.1) is 5.92 Å². The second-order valence-corrected chi connectivity index (χ2v) is 5.66. The zero-order valence-corrected chi connectivity index (χ0v) is 13.1. The fraction of sp³-hybridized carbons (Fsp3) is 0.222. The fourth-order valence-corrected chi connectivity index (χ4v) is 2.14. The summed E-state index contributed by atoms with van der Waals surface area (Å²) in [5.41, 5.74) is 2.65. The second kappa shape index (κ2) is 6.52. The number of amides is 1. The minimum atomic E-state index is -0.496. The highest BCUT2D eigenvalue weighted by atomic mass is 16.5. The highest BCUT2D eigenvalue weighted by molar-refractivity contribution is 5.96. The summed E-state index contributed by atoms with van der Waals surface area (Å²) in [7, 11) is 0. The molecule has 0 bridgehead atoms. The van der Waals surface area contributed by atoms with E-state index in [1.54, 1.807) is 6.07 Å². The molecule has 0 aliphatic rings. The van der Waals surface area contributed by atoms with E-state index in [0.29, 0.717) is 29.3 Å². The Morgan fingerprint density at radius 2 is 1.96 bits per heavy atom. The predicted octanol–water partition coefficient (Wildman–Crippen LogP) is 4.70. The maximum absolute atomic E-state index is 11.8. The van der Waals surface area contributed by atoms with Gasteiger partial charge in [0, 0.05) is 5.56 Å². The molecule has 0 aliphatic heterocycles. The molecule has 1 aromatic heterocycles. The lowest BCUT2D eigenvalue weighted by molar-refractivity contribution is 0.147. The average Bonchev–Trinajstić information content (AvgIpc) is 2.99. The molecule has 5 heteroatoms. The number of hydrogen-bond acceptors (Lipinski definition) is 4. The van der Waals surface area contributed by atoms with E-state index >= 15 is 0 Å². The van der Waals surface area contributed by atoms with Crippen molar-refractivity contribution in [3.63, 3.8) is 0 Å². The van der Waals surface area contributed by atoms with Crippen LogP contribution in [0.1, 0.15) is 13.8 Å². The third-order valence-corrected chi connectivity index (χ3v) is 3.22. The minimum absolute atomic E-state index is 0.284. The van der Waals surface area contributed by atoms with Gasteiger partial charge in [-0.05, 0) is 30.2 Å². The average molecular weight is 310 g/mol. The summed E-state index contributed by atoms with van der Waals surface area (Å²) in [5, 5.41) is 2.71. The third kappa shape index (κ3) is 3.51. The van der Waals surface area contributed by atoms with Gasteiger partial charge in [-0.2, -0.15) is 0 Å². The Balaban J connectivity index is 1.87. The van der Waals surface area contributed by atoms with E-state index in [0.717, 1.165) is 5.56 Å². The molecule has 118 valence electrons. The van der Waals surface area contributed by atoms with Crippen molar-refractivity contribution in [2.75, 3.05) is 11.9 Å². The molecule has 0 unspecified atom stereocenters. The first-order valence-electron chi connectivity index (χ1n) is 7.52. The van der Waals surface area contributed by atoms with Gasteiger partial charge in [-0.25, -0.2) is 9.78 Å². The number of hydrogen-bond donors (Lipinski definition) is 1. The van der Waals surface area contributed by atoms with Crippen molar-refractivity contribution in [1.82, 2.24) is 4.98 Å². The van der Waals surface area contributed by atoms with E-state index in [1.807, 2.05) is 56.3 Å². The number of fused-ring (bicyclic) bond motifs is 1. The number of anilines is 1. The van der Waals surface area contributed by atoms with E-state index in [2.05, 4.69) is 10.3 Å². The molecular weight excluding hydrogens is 292 g/mol. The molecule has 0 spiro atoms. The highest BCUT2D eigenvalue weighted by Crippen LogP contribution is 2.29. The lowest BCUT2D eigenvalue weighted by atomic mass is 10.2. The Bertz CT molecular complexity index is 810. The number of ether oxygens (including phenoxy) is 1. The van der Waals surface area contributed by atoms with Crippen LogP contribution < -0.4 is 5.32 Å². The first-order valence-corrected chi connectivity index (χ1v) is 7.52. The molecule has 0 aliphatic carbocycles. The van der Waals surface area contributed by atoms with Crippen molar-refractivity contribution < 1.29 is 13.9 Å². The lowest BCUT2D eigenvalue weighted by Gasteiger charge is -2.08. The zero-order valence-electron chi connectivity index (χ0n) is 13.1. The standard InChI is InChI=1S/C18H18N2O3/c1-12(2)11-22-18(21)20-15-10-6-9-14-16(15)23-17(19-14)13-7-4-3-5-8-13/h3-10,12H,11H2,1-2H3,(H,20,21). The van der Waals surface area contributed by atoms with Gasteiger partial charge in [-0.3, -0.25) is 5.32 Å². The third-order valence-electron chi connectivity index (χ3n) is 3.22. The molecule has 1 N–H and O–H groups in total. The van der Waals surface area contributed by atoms with Crippen molar-refractivity contribution in [3.8, 4) is 11.5 Å². The molecular formula is C18H18N2O3. The molecule has 3 aromatic rings. The van der Waals surface area contributed by atoms with Gasteiger partial charge in [0.2, 0.25) is 5.89 Å². The van der Waals surface area contributed by atoms with Gasteiger partial charge in [-0.1, -0.05) is 38.1 Å². The van der Waals surface area contributed by atoms with Gasteiger partial charge in [0.05, 0.1) is 12.3 Å². The summed E-state index contributed by atoms with van der Waals surface area (Å²) in [4.78, 5) is 16.3. The molecule has 0 saturated carbocycles. The van der Waals surface area contributed by atoms with E-state index in [1.165, 1.54) is 0 Å². The van der Waals surface area contributed by atoms with Crippen LogP contribution in [0.15, 0.2) is 52.9 Å². The van der Waals surface area contributed by atoms with E-state index in [-0.39, 0.29) is 5.92 Å². The first kappa shape index (κ1) is 15.1. The lowest BCUT2D eigenvalue weighted by Crippen LogP contribution is -2.16. The SMILES string of the molecule is CC(C)COC(=O)Nc1cccc2nc(-c3ccccc3)oc12. The molecule has 3 rings (SSSR count). The molecule has 23 heavy (non-hydrogen) atoms. The maximum Gasteiger partial charge on any atom is 0.411 e. The quantitative estimate of drug-likeness (QED) is 0.758. The first-order chi connectivity index (χ1) is 11.1. The number of oxazole rings is 1. The van der Waals surface area contributed by atoms with Crippen molar-refractivity contribution in [2.24, 2.45) is 5.92 Å². The minimum Gasteiger partial charge on any atom is -0.449 e. The van der Waals surface area contributed by atoms with Crippen molar-refractivity contribution in [2.45, 2.75) is 13.8 Å². The molecule has 2 aromatic carbocycles. The number of nitrogens with one attached hydrogen (secondary N) is 1. The maximum atomic E-state index is 11.8. The summed E-state index contributed by atoms with van der Waals surface area (Å²) >= 11 is 0. The molecule has 5 nitrogen and oxygen atoms in total. The smallest absolute Gasteiger partial charge is 0.411 e. The number of carbonyl (C=O) groups excluding carboxylic acids is 1. The second-order valence-electron chi connectivity index (χ2n) is 5.66. The topological polar surface area (TPSA) is 64.4 Å². The Morgan fingerprint density at radius 1 is 1.17 bits per heavy atom. The molecule has 0 atom stereocenters. The summed E-state index contributed by atoms with van der Waals surface area (Å²) in [6.07, 6.45) is -0.496. The van der Waals surface area contributed by atoms with Gasteiger partial charge in [-0.15, -0.1) is 0 Å². The van der Waals surface area contributed by atoms with Crippen LogP contribution in [0.4, 0.5) is 10.5 Å². The van der Waals surface area contributed by atoms with Crippen LogP contribution in [0.2, 0.25) is 0 Å². The van der Waals surface area contributed by atoms with Gasteiger partial charge >= 0.3 is 6.09 Å². The highest BCUT2D eigenvalue weighted by Gasteiger charge is 2.13. The van der Waals surface area contributed by atoms with Crippen molar-refractivity contribution in [3.05, 3.63) is 48.5 Å². The van der Waals surface area contributed by atoms with Crippen LogP contribution in [-0.2, 0) is 4.74 Å². The summed E-state index contributed by atoms with van der Waals surface area (Å²) in [5.74, 6) is 0.803. The molecule has 0 radical (unpaired) electrons. The normalized spacial score (nSPS) is 10.9. The Kier molecular flexibility index (Phi) is 4.28. The van der Waals surface area contributed by atoms with Crippen LogP contribution in [0.3, 0.4) is 0 Å². The predicted molar refractivity (Wildman–Crippen MR) is 89.3 cm³/mol. The van der Waals surface area contributed by atoms with Gasteiger partial charge in [0.1, 0.15) is 5.52 Å². The van der Waals surface area contributed by atoms with Crippen LogP contribution in [0.5, 0.6) is 0 Å². The van der Waals surface area contributed by atoms with Crippen LogP contribution in [0.25, 0.3) is 22.6 Å². The molecule has 0 fully saturated rings. The fourth-order valence-electron chi connectivity index (χ4n) is 2.14. The summed E-state index contributed by atoms with van der Waals surface area (Å²) < 4.78 is 11.0. The van der Waals surface area contributed by atoms with Gasteiger partial charge in [0.25, 0.3) is 0 Å². The van der Waals surface area contributed by atoms with E-state index < -0.39 is 6.09 Å². The van der Waals surface area contributed by atoms with Crippen LogP contribution >= 0.6 is 0 Å². The molecule has 1 amide bonds. The zero-order chi connectivity index (χ0) is 16.2. The number of nitrogens with zero attached hydrogens (tertiary/aromatic N) is 1. The summed E-state index contributed by atoms with van der Waals surface area (Å²) in [6, 6.07) is 15.1. The van der Waals surface area contributed by atoms with Crippen molar-refractivity contribution in [1.29, 1.82) is 0 Å². The molecule has 1 heterocycles. The number of carbonyl (C=O) groups is 1. The Morgan fingerprint density at radius 3 is 2.70 bits per heavy atom. The number of aromatic nitrogens is 1. The number of para-hydroxylation sites is 1. The van der Waals surface area contributed by atoms with Gasteiger partial charge < -0.3 is 9.15 Å². The molecule has 0 saturated heterocycles. The number of benzene rings is 2. The van der Waals surface area contributed by atoms with Crippen molar-refractivity contribution >= 4 is 22.9 Å². The Hall–Kier alpha value is -2.82. The van der Waals surface area contributed by atoms with Crippen LogP contribution in [-0.4, -0.2) is 17.7 Å². The monoisotopic (exact) mass is 310 g/mol. The number of rotatable bonds is 4. The van der Waals surface area contributed by atoms with Gasteiger partial charge in [0.15, 0.2) is 5.58 Å². The van der Waals surface area contributed by atoms with E-state index in [9.17, 15) is 4.79 Å². The van der Waals surface area contributed by atoms with E-state index in [4.69, 9.17) is 9.15 Å². The largest absolute Gasteiger partial charge is 0.449 e. The summed E-state index contributed by atoms with van der Waals surface area (Å²) in [6.45, 7) is 4.33.